The minimum absolute atomic E-state index is 0.660. The maximum absolute atomic E-state index is 6.38. The Morgan fingerprint density at radius 1 is 0.351 bits per heavy atom. The molecule has 0 aliphatic heterocycles. The SMILES string of the molecule is c1ccc(-c2nc(-c3cccc(-c4ccc5c(c4)c4cc(-n6c7ccccc7c7ccccc76)ccc4n5-c4ccccc4)c3)nc3c2oc2ccccc23)cc1. The van der Waals surface area contributed by atoms with Crippen LogP contribution in [0.5, 0.6) is 0 Å². The van der Waals surface area contributed by atoms with Crippen molar-refractivity contribution in [1.29, 1.82) is 0 Å². The van der Waals surface area contributed by atoms with Crippen molar-refractivity contribution in [3.63, 3.8) is 0 Å². The summed E-state index contributed by atoms with van der Waals surface area (Å²) in [4.78, 5) is 10.3. The van der Waals surface area contributed by atoms with Gasteiger partial charge in [-0.3, -0.25) is 0 Å². The van der Waals surface area contributed by atoms with Crippen LogP contribution in [-0.4, -0.2) is 19.1 Å². The van der Waals surface area contributed by atoms with E-state index in [0.29, 0.717) is 11.4 Å². The van der Waals surface area contributed by atoms with Crippen LogP contribution in [-0.2, 0) is 0 Å². The summed E-state index contributed by atoms with van der Waals surface area (Å²) < 4.78 is 11.2. The van der Waals surface area contributed by atoms with Gasteiger partial charge in [0.2, 0.25) is 0 Å². The summed E-state index contributed by atoms with van der Waals surface area (Å²) in [6.45, 7) is 0. The van der Waals surface area contributed by atoms with E-state index in [1.165, 1.54) is 32.6 Å². The third-order valence-corrected chi connectivity index (χ3v) is 11.3. The monoisotopic (exact) mass is 728 g/mol. The first-order valence-electron chi connectivity index (χ1n) is 19.2. The highest BCUT2D eigenvalue weighted by Crippen LogP contribution is 2.40. The zero-order valence-electron chi connectivity index (χ0n) is 30.7. The standard InChI is InChI=1S/C52H32N4O/c1-3-14-33(15-4-1)49-51-50(41-22-9-12-25-48(41)57-51)54-52(53-49)36-17-13-16-34(30-36)35-26-28-46-42(31-35)43-32-38(27-29-47(43)55(46)37-18-5-2-6-19-37)56-44-23-10-7-20-39(44)40-21-8-11-24-45(40)56/h1-32H. The molecular weight excluding hydrogens is 697 g/mol. The molecule has 0 radical (unpaired) electrons. The number of hydrogen-bond acceptors (Lipinski definition) is 3. The van der Waals surface area contributed by atoms with Crippen LogP contribution in [0.15, 0.2) is 199 Å². The van der Waals surface area contributed by atoms with Crippen LogP contribution in [0.25, 0.3) is 111 Å². The smallest absolute Gasteiger partial charge is 0.180 e. The molecular formula is C52H32N4O. The lowest BCUT2D eigenvalue weighted by Gasteiger charge is -2.10. The topological polar surface area (TPSA) is 48.8 Å². The Morgan fingerprint density at radius 3 is 1.68 bits per heavy atom. The molecule has 12 aromatic rings. The van der Waals surface area contributed by atoms with Gasteiger partial charge in [-0.1, -0.05) is 121 Å². The minimum Gasteiger partial charge on any atom is -0.452 e. The lowest BCUT2D eigenvalue weighted by Crippen LogP contribution is -1.95. The van der Waals surface area contributed by atoms with E-state index in [-0.39, 0.29) is 0 Å². The molecule has 0 unspecified atom stereocenters. The van der Waals surface area contributed by atoms with E-state index in [1.807, 2.05) is 36.4 Å². The van der Waals surface area contributed by atoms with Crippen molar-refractivity contribution in [2.75, 3.05) is 0 Å². The van der Waals surface area contributed by atoms with Crippen molar-refractivity contribution in [3.8, 4) is 45.1 Å². The number of hydrogen-bond donors (Lipinski definition) is 0. The summed E-state index contributed by atoms with van der Waals surface area (Å²) in [6, 6.07) is 68.6. The van der Waals surface area contributed by atoms with Crippen LogP contribution in [0, 0.1) is 0 Å². The molecule has 57 heavy (non-hydrogen) atoms. The predicted octanol–water partition coefficient (Wildman–Crippen LogP) is 13.6. The molecule has 0 spiro atoms. The molecule has 4 aromatic heterocycles. The fraction of sp³-hybridized carbons (Fsp3) is 0. The molecule has 5 nitrogen and oxygen atoms in total. The maximum Gasteiger partial charge on any atom is 0.180 e. The van der Waals surface area contributed by atoms with Gasteiger partial charge in [0.15, 0.2) is 11.4 Å². The van der Waals surface area contributed by atoms with Gasteiger partial charge in [0, 0.05) is 49.4 Å². The van der Waals surface area contributed by atoms with Gasteiger partial charge in [0.05, 0.1) is 22.1 Å². The number of nitrogens with zero attached hydrogens (tertiary/aromatic N) is 4. The van der Waals surface area contributed by atoms with Gasteiger partial charge < -0.3 is 13.6 Å². The molecule has 266 valence electrons. The van der Waals surface area contributed by atoms with Crippen LogP contribution in [0.1, 0.15) is 0 Å². The first-order chi connectivity index (χ1) is 28.3. The predicted molar refractivity (Wildman–Crippen MR) is 234 cm³/mol. The molecule has 0 saturated heterocycles. The van der Waals surface area contributed by atoms with E-state index in [1.54, 1.807) is 0 Å². The number of benzene rings is 8. The Morgan fingerprint density at radius 2 is 0.912 bits per heavy atom. The van der Waals surface area contributed by atoms with E-state index in [0.717, 1.165) is 66.8 Å². The van der Waals surface area contributed by atoms with E-state index < -0.39 is 0 Å². The van der Waals surface area contributed by atoms with Crippen LogP contribution in [0.2, 0.25) is 0 Å². The first-order valence-corrected chi connectivity index (χ1v) is 19.2. The van der Waals surface area contributed by atoms with Crippen molar-refractivity contribution in [1.82, 2.24) is 19.1 Å². The van der Waals surface area contributed by atoms with Crippen LogP contribution in [0.3, 0.4) is 0 Å². The lowest BCUT2D eigenvalue weighted by molar-refractivity contribution is 0.667. The number of fused-ring (bicyclic) bond motifs is 9. The van der Waals surface area contributed by atoms with Gasteiger partial charge in [-0.05, 0) is 83.9 Å². The molecule has 12 rings (SSSR count). The van der Waals surface area contributed by atoms with Gasteiger partial charge in [0.25, 0.3) is 0 Å². The summed E-state index contributed by atoms with van der Waals surface area (Å²) in [5.74, 6) is 0.660. The molecule has 5 heteroatoms. The quantitative estimate of drug-likeness (QED) is 0.177. The fourth-order valence-electron chi connectivity index (χ4n) is 8.74. The summed E-state index contributed by atoms with van der Waals surface area (Å²) in [7, 11) is 0. The molecule has 0 aliphatic rings. The maximum atomic E-state index is 6.38. The average molecular weight is 729 g/mol. The second-order valence-electron chi connectivity index (χ2n) is 14.6. The van der Waals surface area contributed by atoms with E-state index in [2.05, 4.69) is 167 Å². The minimum atomic E-state index is 0.660. The second kappa shape index (κ2) is 12.4. The van der Waals surface area contributed by atoms with E-state index in [4.69, 9.17) is 14.4 Å². The largest absolute Gasteiger partial charge is 0.452 e. The highest BCUT2D eigenvalue weighted by Gasteiger charge is 2.20. The number of furan rings is 1. The van der Waals surface area contributed by atoms with Crippen LogP contribution in [0.4, 0.5) is 0 Å². The summed E-state index contributed by atoms with van der Waals surface area (Å²) in [5.41, 5.74) is 14.2. The van der Waals surface area contributed by atoms with Crippen molar-refractivity contribution < 1.29 is 4.42 Å². The third-order valence-electron chi connectivity index (χ3n) is 11.3. The van der Waals surface area contributed by atoms with Crippen molar-refractivity contribution in [2.24, 2.45) is 0 Å². The normalized spacial score (nSPS) is 11.9. The highest BCUT2D eigenvalue weighted by atomic mass is 16.3. The molecule has 4 heterocycles. The molecule has 0 aliphatic carbocycles. The van der Waals surface area contributed by atoms with Gasteiger partial charge in [-0.2, -0.15) is 0 Å². The van der Waals surface area contributed by atoms with Crippen LogP contribution < -0.4 is 0 Å². The highest BCUT2D eigenvalue weighted by molar-refractivity contribution is 6.13. The molecule has 0 N–H and O–H groups in total. The number of rotatable bonds is 5. The Hall–Kier alpha value is -7.76. The number of aromatic nitrogens is 4. The Kier molecular flexibility index (Phi) is 6.86. The molecule has 0 saturated carbocycles. The number of para-hydroxylation sites is 4. The average Bonchev–Trinajstić information content (AvgIpc) is 3.94. The summed E-state index contributed by atoms with van der Waals surface area (Å²) >= 11 is 0. The van der Waals surface area contributed by atoms with Gasteiger partial charge in [-0.25, -0.2) is 9.97 Å². The zero-order chi connectivity index (χ0) is 37.5. The molecule has 0 fully saturated rings. The summed E-state index contributed by atoms with van der Waals surface area (Å²) in [5, 5.41) is 5.86. The van der Waals surface area contributed by atoms with E-state index >= 15 is 0 Å². The second-order valence-corrected chi connectivity index (χ2v) is 14.6. The van der Waals surface area contributed by atoms with Crippen molar-refractivity contribution >= 4 is 65.7 Å². The molecule has 0 bridgehead atoms. The van der Waals surface area contributed by atoms with Gasteiger partial charge in [-0.15, -0.1) is 0 Å². The van der Waals surface area contributed by atoms with Crippen LogP contribution >= 0.6 is 0 Å². The molecule has 0 atom stereocenters. The lowest BCUT2D eigenvalue weighted by atomic mass is 10.00. The zero-order valence-corrected chi connectivity index (χ0v) is 30.7. The van der Waals surface area contributed by atoms with Crippen molar-refractivity contribution in [3.05, 3.63) is 194 Å². The Bertz CT molecular complexity index is 3470. The van der Waals surface area contributed by atoms with Gasteiger partial charge in [0.1, 0.15) is 16.8 Å². The summed E-state index contributed by atoms with van der Waals surface area (Å²) in [6.07, 6.45) is 0. The van der Waals surface area contributed by atoms with E-state index in [9.17, 15) is 0 Å². The Balaban J connectivity index is 1.06. The first kappa shape index (κ1) is 31.6. The van der Waals surface area contributed by atoms with Crippen molar-refractivity contribution in [2.45, 2.75) is 0 Å². The molecule has 8 aromatic carbocycles. The Labute approximate surface area is 327 Å². The molecule has 0 amide bonds. The third kappa shape index (κ3) is 4.89. The van der Waals surface area contributed by atoms with Gasteiger partial charge >= 0.3 is 0 Å². The fourth-order valence-corrected chi connectivity index (χ4v) is 8.74.